The number of carbonyl (C=O) groups is 1. The molecule has 1 N–H and O–H groups in total. The van der Waals surface area contributed by atoms with Gasteiger partial charge in [-0.2, -0.15) is 0 Å². The van der Waals surface area contributed by atoms with Gasteiger partial charge in [0.25, 0.3) is 5.91 Å². The molecule has 10 heteroatoms. The van der Waals surface area contributed by atoms with Gasteiger partial charge in [0.2, 0.25) is 5.89 Å². The minimum Gasteiger partial charge on any atom is -0.455 e. The second-order valence-corrected chi connectivity index (χ2v) is 10.9. The highest BCUT2D eigenvalue weighted by Crippen LogP contribution is 2.46. The SMILES string of the molecule is CNC(=O)c1c(-c2ccc(F)cc2)oc2cc(N(C)SC)c(C3CC(c4nc5c(F)cccc5o4)N(C)C3)cc12. The number of nitrogens with one attached hydrogen (secondary N) is 1. The highest BCUT2D eigenvalue weighted by Gasteiger charge is 2.37. The lowest BCUT2D eigenvalue weighted by molar-refractivity contribution is 0.0964. The number of furan rings is 1. The molecule has 0 radical (unpaired) electrons. The van der Waals surface area contributed by atoms with Gasteiger partial charge in [-0.25, -0.2) is 13.8 Å². The van der Waals surface area contributed by atoms with E-state index in [9.17, 15) is 13.6 Å². The Morgan fingerprint density at radius 2 is 1.90 bits per heavy atom. The molecule has 1 fully saturated rings. The number of hydrogen-bond donors (Lipinski definition) is 1. The van der Waals surface area contributed by atoms with Gasteiger partial charge in [0.15, 0.2) is 11.4 Å². The lowest BCUT2D eigenvalue weighted by Gasteiger charge is -2.23. The first-order valence-electron chi connectivity index (χ1n) is 12.9. The average Bonchev–Trinajstić information content (AvgIpc) is 3.67. The van der Waals surface area contributed by atoms with Crippen LogP contribution < -0.4 is 9.62 Å². The summed E-state index contributed by atoms with van der Waals surface area (Å²) in [4.78, 5) is 19.8. The zero-order valence-corrected chi connectivity index (χ0v) is 23.3. The predicted octanol–water partition coefficient (Wildman–Crippen LogP) is 6.75. The largest absolute Gasteiger partial charge is 0.455 e. The normalized spacial score (nSPS) is 17.6. The van der Waals surface area contributed by atoms with Gasteiger partial charge in [-0.05, 0) is 61.5 Å². The van der Waals surface area contributed by atoms with Crippen LogP contribution in [0.4, 0.5) is 14.5 Å². The lowest BCUT2D eigenvalue weighted by Crippen LogP contribution is -2.19. The fourth-order valence-electron chi connectivity index (χ4n) is 5.59. The van der Waals surface area contributed by atoms with E-state index in [0.717, 1.165) is 11.3 Å². The summed E-state index contributed by atoms with van der Waals surface area (Å²) < 4.78 is 42.3. The molecule has 0 aliphatic carbocycles. The second kappa shape index (κ2) is 10.3. The smallest absolute Gasteiger partial charge is 0.255 e. The molecule has 5 aromatic rings. The molecule has 0 spiro atoms. The summed E-state index contributed by atoms with van der Waals surface area (Å²) in [6, 6.07) is 14.5. The first-order valence-corrected chi connectivity index (χ1v) is 14.1. The molecule has 1 saturated heterocycles. The number of anilines is 1. The fraction of sp³-hybridized carbons (Fsp3) is 0.267. The maximum atomic E-state index is 14.3. The van der Waals surface area contributed by atoms with Crippen LogP contribution in [0.1, 0.15) is 40.2 Å². The van der Waals surface area contributed by atoms with Crippen molar-refractivity contribution in [2.24, 2.45) is 0 Å². The molecule has 3 heterocycles. The predicted molar refractivity (Wildman–Crippen MR) is 154 cm³/mol. The van der Waals surface area contributed by atoms with Gasteiger partial charge in [0.1, 0.15) is 22.7 Å². The lowest BCUT2D eigenvalue weighted by atomic mass is 9.92. The van der Waals surface area contributed by atoms with Gasteiger partial charge in [-0.15, -0.1) is 0 Å². The van der Waals surface area contributed by atoms with Crippen LogP contribution in [0.15, 0.2) is 63.4 Å². The van der Waals surface area contributed by atoms with E-state index < -0.39 is 5.82 Å². The van der Waals surface area contributed by atoms with Crippen LogP contribution in [0.3, 0.4) is 0 Å². The van der Waals surface area contributed by atoms with Crippen LogP contribution in [0, 0.1) is 11.6 Å². The molecule has 2 atom stereocenters. The van der Waals surface area contributed by atoms with Crippen LogP contribution >= 0.6 is 11.9 Å². The highest BCUT2D eigenvalue weighted by molar-refractivity contribution is 7.99. The zero-order valence-electron chi connectivity index (χ0n) is 22.5. The number of likely N-dealkylation sites (tertiary alicyclic amines) is 1. The van der Waals surface area contributed by atoms with Gasteiger partial charge in [0.05, 0.1) is 17.3 Å². The van der Waals surface area contributed by atoms with Crippen LogP contribution in [0.2, 0.25) is 0 Å². The van der Waals surface area contributed by atoms with E-state index in [1.807, 2.05) is 32.5 Å². The molecular formula is C30H28F2N4O3S. The number of rotatable bonds is 6. The molecule has 7 nitrogen and oxygen atoms in total. The Labute approximate surface area is 234 Å². The number of benzene rings is 3. The molecule has 40 heavy (non-hydrogen) atoms. The molecule has 2 unspecified atom stereocenters. The number of para-hydroxylation sites is 1. The molecule has 1 amide bonds. The van der Waals surface area contributed by atoms with E-state index in [1.165, 1.54) is 18.2 Å². The fourth-order valence-corrected chi connectivity index (χ4v) is 5.94. The number of hydrogen-bond acceptors (Lipinski definition) is 7. The molecule has 206 valence electrons. The van der Waals surface area contributed by atoms with E-state index in [2.05, 4.69) is 19.5 Å². The first-order chi connectivity index (χ1) is 19.3. The van der Waals surface area contributed by atoms with Gasteiger partial charge < -0.3 is 18.5 Å². The van der Waals surface area contributed by atoms with Crippen LogP contribution in [-0.4, -0.2) is 49.7 Å². The monoisotopic (exact) mass is 562 g/mol. The summed E-state index contributed by atoms with van der Waals surface area (Å²) in [5.74, 6) is -0.111. The van der Waals surface area contributed by atoms with Crippen molar-refractivity contribution in [2.45, 2.75) is 18.4 Å². The number of oxazole rings is 1. The number of halogens is 2. The van der Waals surface area contributed by atoms with Crippen molar-refractivity contribution in [3.63, 3.8) is 0 Å². The average molecular weight is 563 g/mol. The minimum absolute atomic E-state index is 0.0746. The van der Waals surface area contributed by atoms with E-state index in [0.29, 0.717) is 52.3 Å². The molecule has 0 saturated carbocycles. The zero-order chi connectivity index (χ0) is 28.1. The van der Waals surface area contributed by atoms with Crippen molar-refractivity contribution in [2.75, 3.05) is 38.2 Å². The van der Waals surface area contributed by atoms with Crippen molar-refractivity contribution in [1.29, 1.82) is 0 Å². The van der Waals surface area contributed by atoms with Crippen molar-refractivity contribution in [3.05, 3.63) is 83.2 Å². The Balaban J connectivity index is 1.47. The Kier molecular flexibility index (Phi) is 6.75. The number of aromatic nitrogens is 1. The third kappa shape index (κ3) is 4.41. The topological polar surface area (TPSA) is 74.8 Å². The Morgan fingerprint density at radius 3 is 2.60 bits per heavy atom. The second-order valence-electron chi connectivity index (χ2n) is 10.0. The maximum absolute atomic E-state index is 14.3. The molecule has 1 aliphatic rings. The van der Waals surface area contributed by atoms with Crippen molar-refractivity contribution in [1.82, 2.24) is 15.2 Å². The standard InChI is InChI=1S/C30H28F2N4O3S/c1-33-29(37)26-20-13-19(17-12-23(35(2)15-17)30-34-27-21(32)6-5-7-24(27)39-30)22(36(3)40-4)14-25(20)38-28(26)16-8-10-18(31)11-9-16/h5-11,13-14,17,23H,12,15H2,1-4H3,(H,33,37). The van der Waals surface area contributed by atoms with Crippen LogP contribution in [0.25, 0.3) is 33.4 Å². The summed E-state index contributed by atoms with van der Waals surface area (Å²) in [5.41, 5.74) is 4.26. The van der Waals surface area contributed by atoms with Crippen molar-refractivity contribution < 1.29 is 22.4 Å². The molecular weight excluding hydrogens is 534 g/mol. The summed E-state index contributed by atoms with van der Waals surface area (Å²) >= 11 is 1.57. The van der Waals surface area contributed by atoms with E-state index in [1.54, 1.807) is 43.3 Å². The van der Waals surface area contributed by atoms with E-state index >= 15 is 0 Å². The van der Waals surface area contributed by atoms with Gasteiger partial charge in [-0.3, -0.25) is 9.69 Å². The number of carbonyl (C=O) groups excluding carboxylic acids is 1. The third-order valence-electron chi connectivity index (χ3n) is 7.67. The highest BCUT2D eigenvalue weighted by atomic mass is 32.2. The van der Waals surface area contributed by atoms with Crippen LogP contribution in [-0.2, 0) is 0 Å². The molecule has 6 rings (SSSR count). The molecule has 2 aromatic heterocycles. The van der Waals surface area contributed by atoms with Crippen LogP contribution in [0.5, 0.6) is 0 Å². The summed E-state index contributed by atoms with van der Waals surface area (Å²) in [5, 5.41) is 3.41. The number of likely N-dealkylation sites (N-methyl/N-ethyl adjacent to an activating group) is 1. The van der Waals surface area contributed by atoms with Crippen molar-refractivity contribution in [3.8, 4) is 11.3 Å². The Hall–Kier alpha value is -3.89. The summed E-state index contributed by atoms with van der Waals surface area (Å²) in [7, 11) is 5.57. The maximum Gasteiger partial charge on any atom is 0.255 e. The van der Waals surface area contributed by atoms with E-state index in [-0.39, 0.29) is 29.2 Å². The summed E-state index contributed by atoms with van der Waals surface area (Å²) in [6.45, 7) is 0.713. The van der Waals surface area contributed by atoms with E-state index in [4.69, 9.17) is 8.83 Å². The summed E-state index contributed by atoms with van der Waals surface area (Å²) in [6.07, 6.45) is 2.69. The van der Waals surface area contributed by atoms with Gasteiger partial charge >= 0.3 is 0 Å². The molecule has 0 bridgehead atoms. The third-order valence-corrected chi connectivity index (χ3v) is 8.41. The molecule has 1 aliphatic heterocycles. The number of fused-ring (bicyclic) bond motifs is 2. The molecule has 3 aromatic carbocycles. The van der Waals surface area contributed by atoms with Crippen molar-refractivity contribution >= 4 is 45.6 Å². The minimum atomic E-state index is -0.405. The first kappa shape index (κ1) is 26.3. The quantitative estimate of drug-likeness (QED) is 0.229. The number of amides is 1. The Morgan fingerprint density at radius 1 is 1.12 bits per heavy atom. The number of nitrogens with zero attached hydrogens (tertiary/aromatic N) is 3. The Bertz CT molecular complexity index is 1730. The van der Waals surface area contributed by atoms with Gasteiger partial charge in [-0.1, -0.05) is 18.0 Å². The van der Waals surface area contributed by atoms with Gasteiger partial charge in [0, 0.05) is 49.8 Å².